The molecule has 0 atom stereocenters. The molecule has 1 aliphatic rings. The van der Waals surface area contributed by atoms with E-state index in [1.54, 1.807) is 6.07 Å². The molecule has 0 saturated heterocycles. The van der Waals surface area contributed by atoms with Gasteiger partial charge in [0.2, 0.25) is 0 Å². The van der Waals surface area contributed by atoms with Gasteiger partial charge in [-0.3, -0.25) is 0 Å². The SMILES string of the molecule is N#Cc1cc(F)ccc1Sc1ccc2c(c1)OCCO2. The maximum absolute atomic E-state index is 13.1. The van der Waals surface area contributed by atoms with E-state index in [4.69, 9.17) is 14.7 Å². The van der Waals surface area contributed by atoms with Crippen molar-refractivity contribution in [2.24, 2.45) is 0 Å². The monoisotopic (exact) mass is 287 g/mol. The van der Waals surface area contributed by atoms with Crippen molar-refractivity contribution in [3.63, 3.8) is 0 Å². The maximum Gasteiger partial charge on any atom is 0.162 e. The van der Waals surface area contributed by atoms with Gasteiger partial charge in [0.25, 0.3) is 0 Å². The fourth-order valence-corrected chi connectivity index (χ4v) is 2.80. The van der Waals surface area contributed by atoms with Gasteiger partial charge in [-0.1, -0.05) is 11.8 Å². The first-order valence-electron chi connectivity index (χ1n) is 6.03. The number of ether oxygens (including phenoxy) is 2. The summed E-state index contributed by atoms with van der Waals surface area (Å²) in [5.41, 5.74) is 0.324. The van der Waals surface area contributed by atoms with Gasteiger partial charge in [-0.2, -0.15) is 5.26 Å². The molecule has 0 spiro atoms. The number of benzene rings is 2. The van der Waals surface area contributed by atoms with E-state index in [2.05, 4.69) is 0 Å². The molecule has 5 heteroatoms. The Labute approximate surface area is 119 Å². The Bertz CT molecular complexity index is 697. The van der Waals surface area contributed by atoms with E-state index >= 15 is 0 Å². The van der Waals surface area contributed by atoms with Crippen LogP contribution in [0.25, 0.3) is 0 Å². The Balaban J connectivity index is 1.90. The summed E-state index contributed by atoms with van der Waals surface area (Å²) < 4.78 is 24.1. The van der Waals surface area contributed by atoms with E-state index in [-0.39, 0.29) is 0 Å². The molecule has 0 N–H and O–H groups in total. The van der Waals surface area contributed by atoms with Gasteiger partial charge < -0.3 is 9.47 Å². The number of rotatable bonds is 2. The van der Waals surface area contributed by atoms with Crippen LogP contribution in [0.1, 0.15) is 5.56 Å². The van der Waals surface area contributed by atoms with Crippen LogP contribution in [0.15, 0.2) is 46.2 Å². The van der Waals surface area contributed by atoms with Crippen LogP contribution in [0.2, 0.25) is 0 Å². The smallest absolute Gasteiger partial charge is 0.162 e. The molecule has 0 radical (unpaired) electrons. The van der Waals surface area contributed by atoms with Crippen molar-refractivity contribution in [1.82, 2.24) is 0 Å². The number of hydrogen-bond acceptors (Lipinski definition) is 4. The molecular weight excluding hydrogens is 277 g/mol. The Morgan fingerprint density at radius 3 is 2.65 bits per heavy atom. The first-order valence-corrected chi connectivity index (χ1v) is 6.85. The van der Waals surface area contributed by atoms with Crippen LogP contribution in [0.3, 0.4) is 0 Å². The fourth-order valence-electron chi connectivity index (χ4n) is 1.89. The molecule has 0 aromatic heterocycles. The van der Waals surface area contributed by atoms with Gasteiger partial charge in [-0.25, -0.2) is 4.39 Å². The quantitative estimate of drug-likeness (QED) is 0.846. The molecule has 0 unspecified atom stereocenters. The third-order valence-electron chi connectivity index (χ3n) is 2.80. The van der Waals surface area contributed by atoms with Gasteiger partial charge in [-0.05, 0) is 36.4 Å². The van der Waals surface area contributed by atoms with Gasteiger partial charge in [0.1, 0.15) is 25.1 Å². The standard InChI is InChI=1S/C15H10FNO2S/c16-11-1-4-15(10(7-11)9-17)20-12-2-3-13-14(8-12)19-6-5-18-13/h1-4,7-8H,5-6H2. The minimum atomic E-state index is -0.409. The van der Waals surface area contributed by atoms with E-state index in [9.17, 15) is 4.39 Å². The molecule has 2 aromatic carbocycles. The average Bonchev–Trinajstić information content (AvgIpc) is 2.49. The third-order valence-corrected chi connectivity index (χ3v) is 3.87. The molecular formula is C15H10FNO2S. The summed E-state index contributed by atoms with van der Waals surface area (Å²) in [6, 6.07) is 11.8. The van der Waals surface area contributed by atoms with Gasteiger partial charge in [0.05, 0.1) is 5.56 Å². The second-order valence-corrected chi connectivity index (χ2v) is 5.28. The summed E-state index contributed by atoms with van der Waals surface area (Å²) in [4.78, 5) is 1.63. The topological polar surface area (TPSA) is 42.2 Å². The lowest BCUT2D eigenvalue weighted by molar-refractivity contribution is 0.171. The molecule has 0 saturated carbocycles. The zero-order chi connectivity index (χ0) is 13.9. The summed E-state index contributed by atoms with van der Waals surface area (Å²) in [6.45, 7) is 1.08. The number of fused-ring (bicyclic) bond motifs is 1. The molecule has 2 aromatic rings. The predicted molar refractivity (Wildman–Crippen MR) is 72.7 cm³/mol. The minimum Gasteiger partial charge on any atom is -0.486 e. The highest BCUT2D eigenvalue weighted by Gasteiger charge is 2.13. The molecule has 1 aliphatic heterocycles. The Kier molecular flexibility index (Phi) is 3.48. The van der Waals surface area contributed by atoms with Gasteiger partial charge in [0.15, 0.2) is 11.5 Å². The largest absolute Gasteiger partial charge is 0.486 e. The van der Waals surface area contributed by atoms with E-state index in [1.807, 2.05) is 24.3 Å². The molecule has 0 bridgehead atoms. The first-order chi connectivity index (χ1) is 9.76. The highest BCUT2D eigenvalue weighted by Crippen LogP contribution is 2.37. The number of nitriles is 1. The second kappa shape index (κ2) is 5.43. The van der Waals surface area contributed by atoms with Crippen LogP contribution < -0.4 is 9.47 Å². The summed E-state index contributed by atoms with van der Waals surface area (Å²) in [7, 11) is 0. The van der Waals surface area contributed by atoms with Crippen LogP contribution in [0, 0.1) is 17.1 Å². The van der Waals surface area contributed by atoms with Crippen LogP contribution in [-0.4, -0.2) is 13.2 Å². The van der Waals surface area contributed by atoms with E-state index in [0.717, 1.165) is 10.6 Å². The molecule has 3 nitrogen and oxygen atoms in total. The van der Waals surface area contributed by atoms with Crippen molar-refractivity contribution in [2.45, 2.75) is 9.79 Å². The van der Waals surface area contributed by atoms with Crippen molar-refractivity contribution in [3.05, 3.63) is 47.8 Å². The molecule has 3 rings (SSSR count). The molecule has 0 amide bonds. The van der Waals surface area contributed by atoms with E-state index in [0.29, 0.717) is 29.4 Å². The van der Waals surface area contributed by atoms with Crippen molar-refractivity contribution >= 4 is 11.8 Å². The highest BCUT2D eigenvalue weighted by molar-refractivity contribution is 7.99. The Morgan fingerprint density at radius 1 is 1.05 bits per heavy atom. The second-order valence-electron chi connectivity index (χ2n) is 4.16. The zero-order valence-electron chi connectivity index (χ0n) is 10.4. The van der Waals surface area contributed by atoms with Gasteiger partial charge in [0, 0.05) is 9.79 Å². The van der Waals surface area contributed by atoms with Gasteiger partial charge in [-0.15, -0.1) is 0 Å². The summed E-state index contributed by atoms with van der Waals surface area (Å²) in [6.07, 6.45) is 0. The summed E-state index contributed by atoms with van der Waals surface area (Å²) in [5.74, 6) is 1.01. The van der Waals surface area contributed by atoms with Gasteiger partial charge >= 0.3 is 0 Å². The molecule has 100 valence electrons. The minimum absolute atomic E-state index is 0.324. The number of nitrogens with zero attached hydrogens (tertiary/aromatic N) is 1. The number of hydrogen-bond donors (Lipinski definition) is 0. The van der Waals surface area contributed by atoms with Crippen molar-refractivity contribution in [3.8, 4) is 17.6 Å². The highest BCUT2D eigenvalue weighted by atomic mass is 32.2. The van der Waals surface area contributed by atoms with Crippen LogP contribution in [0.5, 0.6) is 11.5 Å². The van der Waals surface area contributed by atoms with Crippen LogP contribution >= 0.6 is 11.8 Å². The number of halogens is 1. The molecule has 1 heterocycles. The predicted octanol–water partition coefficient (Wildman–Crippen LogP) is 3.62. The summed E-state index contributed by atoms with van der Waals surface area (Å²) in [5, 5.41) is 9.04. The lowest BCUT2D eigenvalue weighted by Crippen LogP contribution is -2.15. The van der Waals surface area contributed by atoms with E-state index < -0.39 is 5.82 Å². The summed E-state index contributed by atoms with van der Waals surface area (Å²) >= 11 is 1.40. The van der Waals surface area contributed by atoms with Crippen molar-refractivity contribution in [1.29, 1.82) is 5.26 Å². The third kappa shape index (κ3) is 2.56. The lowest BCUT2D eigenvalue weighted by Gasteiger charge is -2.18. The van der Waals surface area contributed by atoms with Crippen LogP contribution in [-0.2, 0) is 0 Å². The Hall–Kier alpha value is -2.19. The van der Waals surface area contributed by atoms with Crippen molar-refractivity contribution in [2.75, 3.05) is 13.2 Å². The van der Waals surface area contributed by atoms with Crippen LogP contribution in [0.4, 0.5) is 4.39 Å². The molecule has 20 heavy (non-hydrogen) atoms. The first kappa shape index (κ1) is 12.8. The average molecular weight is 287 g/mol. The Morgan fingerprint density at radius 2 is 1.85 bits per heavy atom. The molecule has 0 fully saturated rings. The molecule has 0 aliphatic carbocycles. The zero-order valence-corrected chi connectivity index (χ0v) is 11.2. The lowest BCUT2D eigenvalue weighted by atomic mass is 10.2. The maximum atomic E-state index is 13.1. The fraction of sp³-hybridized carbons (Fsp3) is 0.133. The van der Waals surface area contributed by atoms with Crippen molar-refractivity contribution < 1.29 is 13.9 Å². The normalized spacial score (nSPS) is 12.8. The van der Waals surface area contributed by atoms with E-state index in [1.165, 1.54) is 23.9 Å².